The SMILES string of the molecule is CN(C)S(=O)(=O)N1CCN(CC(=O)Nc2ccc(Cl)c(Cl)c2)CC1. The molecule has 2 rings (SSSR count). The van der Waals surface area contributed by atoms with E-state index in [1.807, 2.05) is 4.90 Å². The first kappa shape index (κ1) is 19.4. The molecule has 0 bridgehead atoms. The number of piperazine rings is 1. The summed E-state index contributed by atoms with van der Waals surface area (Å²) in [5, 5.41) is 3.55. The monoisotopic (exact) mass is 394 g/mol. The van der Waals surface area contributed by atoms with E-state index in [0.29, 0.717) is 41.9 Å². The molecule has 1 aromatic rings. The van der Waals surface area contributed by atoms with Gasteiger partial charge in [-0.15, -0.1) is 0 Å². The molecule has 24 heavy (non-hydrogen) atoms. The molecule has 1 heterocycles. The van der Waals surface area contributed by atoms with E-state index in [-0.39, 0.29) is 12.5 Å². The topological polar surface area (TPSA) is 73.0 Å². The molecule has 0 aromatic heterocycles. The van der Waals surface area contributed by atoms with Crippen LogP contribution < -0.4 is 5.32 Å². The third-order valence-electron chi connectivity index (χ3n) is 3.69. The Balaban J connectivity index is 1.85. The quantitative estimate of drug-likeness (QED) is 0.817. The predicted octanol–water partition coefficient (Wildman–Crippen LogP) is 1.36. The normalized spacial score (nSPS) is 17.2. The van der Waals surface area contributed by atoms with Crippen LogP contribution in [0.2, 0.25) is 10.0 Å². The highest BCUT2D eigenvalue weighted by Gasteiger charge is 2.29. The third-order valence-corrected chi connectivity index (χ3v) is 6.37. The highest BCUT2D eigenvalue weighted by atomic mass is 35.5. The highest BCUT2D eigenvalue weighted by Crippen LogP contribution is 2.25. The molecule has 0 unspecified atom stereocenters. The van der Waals surface area contributed by atoms with E-state index < -0.39 is 10.2 Å². The Kier molecular flexibility index (Phi) is 6.46. The van der Waals surface area contributed by atoms with E-state index in [1.165, 1.54) is 22.7 Å². The van der Waals surface area contributed by atoms with Gasteiger partial charge in [-0.1, -0.05) is 23.2 Å². The predicted molar refractivity (Wildman–Crippen MR) is 95.7 cm³/mol. The Labute approximate surface area is 152 Å². The molecule has 1 aliphatic heterocycles. The number of carbonyl (C=O) groups is 1. The van der Waals surface area contributed by atoms with Gasteiger partial charge in [-0.2, -0.15) is 17.0 Å². The van der Waals surface area contributed by atoms with Gasteiger partial charge in [-0.25, -0.2) is 0 Å². The average Bonchev–Trinajstić information content (AvgIpc) is 2.51. The van der Waals surface area contributed by atoms with Crippen molar-refractivity contribution >= 4 is 45.0 Å². The van der Waals surface area contributed by atoms with Crippen LogP contribution >= 0.6 is 23.2 Å². The lowest BCUT2D eigenvalue weighted by molar-refractivity contribution is -0.117. The minimum Gasteiger partial charge on any atom is -0.325 e. The summed E-state index contributed by atoms with van der Waals surface area (Å²) in [6, 6.07) is 4.88. The molecule has 1 amide bonds. The second-order valence-corrected chi connectivity index (χ2v) is 8.60. The number of nitrogens with one attached hydrogen (secondary N) is 1. The lowest BCUT2D eigenvalue weighted by Crippen LogP contribution is -2.52. The van der Waals surface area contributed by atoms with Gasteiger partial charge in [0.05, 0.1) is 16.6 Å². The number of halogens is 2. The minimum absolute atomic E-state index is 0.183. The van der Waals surface area contributed by atoms with Crippen LogP contribution in [-0.4, -0.2) is 74.7 Å². The molecular weight excluding hydrogens is 375 g/mol. The molecule has 0 spiro atoms. The number of nitrogens with zero attached hydrogens (tertiary/aromatic N) is 3. The second-order valence-electron chi connectivity index (χ2n) is 5.64. The van der Waals surface area contributed by atoms with E-state index in [9.17, 15) is 13.2 Å². The van der Waals surface area contributed by atoms with E-state index in [0.717, 1.165) is 0 Å². The number of carbonyl (C=O) groups excluding carboxylic acids is 1. The summed E-state index contributed by atoms with van der Waals surface area (Å²) in [6.45, 7) is 1.92. The smallest absolute Gasteiger partial charge is 0.281 e. The van der Waals surface area contributed by atoms with Gasteiger partial charge in [0, 0.05) is 46.0 Å². The number of amides is 1. The van der Waals surface area contributed by atoms with E-state index >= 15 is 0 Å². The van der Waals surface area contributed by atoms with Crippen molar-refractivity contribution in [2.75, 3.05) is 52.1 Å². The summed E-state index contributed by atoms with van der Waals surface area (Å²) in [6.07, 6.45) is 0. The summed E-state index contributed by atoms with van der Waals surface area (Å²) >= 11 is 11.7. The number of anilines is 1. The zero-order chi connectivity index (χ0) is 17.9. The van der Waals surface area contributed by atoms with Crippen molar-refractivity contribution in [3.63, 3.8) is 0 Å². The Morgan fingerprint density at radius 3 is 2.33 bits per heavy atom. The first-order valence-corrected chi connectivity index (χ1v) is 9.50. The Morgan fingerprint density at radius 1 is 1.17 bits per heavy atom. The number of hydrogen-bond acceptors (Lipinski definition) is 4. The zero-order valence-electron chi connectivity index (χ0n) is 13.5. The Bertz CT molecular complexity index is 704. The highest BCUT2D eigenvalue weighted by molar-refractivity contribution is 7.86. The standard InChI is InChI=1S/C14H20Cl2N4O3S/c1-18(2)24(22,23)20-7-5-19(6-8-20)10-14(21)17-11-3-4-12(15)13(16)9-11/h3-4,9H,5-8,10H2,1-2H3,(H,17,21). The maximum absolute atomic E-state index is 12.1. The molecule has 0 aliphatic carbocycles. The maximum Gasteiger partial charge on any atom is 0.281 e. The van der Waals surface area contributed by atoms with Crippen LogP contribution in [-0.2, 0) is 15.0 Å². The molecule has 134 valence electrons. The Hall–Kier alpha value is -0.900. The van der Waals surface area contributed by atoms with Crippen molar-refractivity contribution in [3.05, 3.63) is 28.2 Å². The van der Waals surface area contributed by atoms with E-state index in [1.54, 1.807) is 18.2 Å². The largest absolute Gasteiger partial charge is 0.325 e. The second kappa shape index (κ2) is 7.99. The lowest BCUT2D eigenvalue weighted by Gasteiger charge is -2.34. The summed E-state index contributed by atoms with van der Waals surface area (Å²) in [5.41, 5.74) is 0.572. The fourth-order valence-electron chi connectivity index (χ4n) is 2.33. The van der Waals surface area contributed by atoms with Crippen LogP contribution in [0.1, 0.15) is 0 Å². The van der Waals surface area contributed by atoms with E-state index in [4.69, 9.17) is 23.2 Å². The van der Waals surface area contributed by atoms with Crippen LogP contribution in [0.15, 0.2) is 18.2 Å². The van der Waals surface area contributed by atoms with Crippen LogP contribution in [0.25, 0.3) is 0 Å². The average molecular weight is 395 g/mol. The first-order chi connectivity index (χ1) is 11.2. The molecular formula is C14H20Cl2N4O3S. The summed E-state index contributed by atoms with van der Waals surface area (Å²) in [5.74, 6) is -0.183. The molecule has 1 saturated heterocycles. The van der Waals surface area contributed by atoms with Crippen LogP contribution in [0.3, 0.4) is 0 Å². The van der Waals surface area contributed by atoms with Crippen molar-refractivity contribution < 1.29 is 13.2 Å². The molecule has 1 N–H and O–H groups in total. The molecule has 1 aliphatic rings. The molecule has 0 atom stereocenters. The summed E-state index contributed by atoms with van der Waals surface area (Å²) < 4.78 is 26.7. The number of rotatable bonds is 5. The van der Waals surface area contributed by atoms with Gasteiger partial charge in [0.1, 0.15) is 0 Å². The van der Waals surface area contributed by atoms with Gasteiger partial charge in [-0.3, -0.25) is 9.69 Å². The van der Waals surface area contributed by atoms with Crippen molar-refractivity contribution in [3.8, 4) is 0 Å². The summed E-state index contributed by atoms with van der Waals surface area (Å²) in [4.78, 5) is 14.0. The van der Waals surface area contributed by atoms with Crippen molar-refractivity contribution in [1.29, 1.82) is 0 Å². The lowest BCUT2D eigenvalue weighted by atomic mass is 10.3. The van der Waals surface area contributed by atoms with Crippen molar-refractivity contribution in [1.82, 2.24) is 13.5 Å². The van der Waals surface area contributed by atoms with Gasteiger partial charge in [0.15, 0.2) is 0 Å². The fraction of sp³-hybridized carbons (Fsp3) is 0.500. The minimum atomic E-state index is -3.40. The molecule has 7 nitrogen and oxygen atoms in total. The summed E-state index contributed by atoms with van der Waals surface area (Å²) in [7, 11) is -0.384. The van der Waals surface area contributed by atoms with Crippen molar-refractivity contribution in [2.24, 2.45) is 0 Å². The number of hydrogen-bond donors (Lipinski definition) is 1. The molecule has 10 heteroatoms. The van der Waals surface area contributed by atoms with Crippen LogP contribution in [0.5, 0.6) is 0 Å². The van der Waals surface area contributed by atoms with Gasteiger partial charge in [0.2, 0.25) is 5.91 Å². The van der Waals surface area contributed by atoms with Gasteiger partial charge >= 0.3 is 0 Å². The molecule has 1 fully saturated rings. The maximum atomic E-state index is 12.1. The fourth-order valence-corrected chi connectivity index (χ4v) is 3.71. The van der Waals surface area contributed by atoms with Gasteiger partial charge in [0.25, 0.3) is 10.2 Å². The molecule has 1 aromatic carbocycles. The van der Waals surface area contributed by atoms with E-state index in [2.05, 4.69) is 5.32 Å². The molecule has 0 radical (unpaired) electrons. The van der Waals surface area contributed by atoms with Gasteiger partial charge in [-0.05, 0) is 18.2 Å². The third kappa shape index (κ3) is 4.81. The van der Waals surface area contributed by atoms with Crippen molar-refractivity contribution in [2.45, 2.75) is 0 Å². The van der Waals surface area contributed by atoms with Crippen LogP contribution in [0.4, 0.5) is 5.69 Å². The number of benzene rings is 1. The first-order valence-electron chi connectivity index (χ1n) is 7.35. The van der Waals surface area contributed by atoms with Gasteiger partial charge < -0.3 is 5.32 Å². The molecule has 0 saturated carbocycles. The van der Waals surface area contributed by atoms with Crippen LogP contribution in [0, 0.1) is 0 Å². The zero-order valence-corrected chi connectivity index (χ0v) is 15.8. The Morgan fingerprint density at radius 2 is 1.79 bits per heavy atom.